The summed E-state index contributed by atoms with van der Waals surface area (Å²) in [5.41, 5.74) is 0. The first-order valence-corrected chi connectivity index (χ1v) is 8.35. The lowest BCUT2D eigenvalue weighted by atomic mass is 10.2. The number of rotatable bonds is 14. The van der Waals surface area contributed by atoms with E-state index in [9.17, 15) is 19.2 Å². The molecule has 0 radical (unpaired) electrons. The van der Waals surface area contributed by atoms with Gasteiger partial charge in [0.25, 0.3) is 0 Å². The maximum Gasteiger partial charge on any atom is 0.330 e. The molecule has 0 saturated heterocycles. The van der Waals surface area contributed by atoms with Crippen LogP contribution in [0.3, 0.4) is 0 Å². The normalized spacial score (nSPS) is 9.23. The molecular weight excluding hydrogens is 344 g/mol. The minimum atomic E-state index is -0.870. The summed E-state index contributed by atoms with van der Waals surface area (Å²) < 4.78 is 9.60. The van der Waals surface area contributed by atoms with Gasteiger partial charge in [-0.25, -0.2) is 9.59 Å². The Labute approximate surface area is 153 Å². The van der Waals surface area contributed by atoms with Crippen molar-refractivity contribution in [2.75, 3.05) is 13.2 Å². The lowest BCUT2D eigenvalue weighted by molar-refractivity contribution is -0.139. The molecule has 148 valence electrons. The van der Waals surface area contributed by atoms with Crippen LogP contribution in [0.1, 0.15) is 51.4 Å². The van der Waals surface area contributed by atoms with E-state index in [1.165, 1.54) is 0 Å². The highest BCUT2D eigenvalue weighted by atomic mass is 16.5. The molecule has 0 rings (SSSR count). The average molecular weight is 372 g/mol. The molecule has 0 aromatic carbocycles. The predicted octanol–water partition coefficient (Wildman–Crippen LogP) is 2.72. The van der Waals surface area contributed by atoms with Crippen molar-refractivity contribution in [3.63, 3.8) is 0 Å². The van der Waals surface area contributed by atoms with E-state index in [1.54, 1.807) is 0 Å². The van der Waals surface area contributed by atoms with Gasteiger partial charge < -0.3 is 19.7 Å². The molecule has 0 aromatic rings. The van der Waals surface area contributed by atoms with Crippen molar-refractivity contribution < 1.29 is 38.9 Å². The van der Waals surface area contributed by atoms with Crippen LogP contribution < -0.4 is 0 Å². The standard InChI is InChI=1S/C12H18O4.C6H10O4/c1-3-11(13)15-9-7-5-6-8-10-16-12(14)4-2;7-5(8)3-1-2-4-6(9)10/h3-4H,1-2,5-10H2;1-4H2,(H,7,8)(H,9,10). The third-order valence-corrected chi connectivity index (χ3v) is 2.89. The molecule has 0 aliphatic rings. The smallest absolute Gasteiger partial charge is 0.330 e. The van der Waals surface area contributed by atoms with Crippen LogP contribution >= 0.6 is 0 Å². The molecule has 0 bridgehead atoms. The van der Waals surface area contributed by atoms with Gasteiger partial charge in [-0.2, -0.15) is 0 Å². The lowest BCUT2D eigenvalue weighted by Crippen LogP contribution is -2.03. The minimum absolute atomic E-state index is 0.0628. The number of carboxylic acid groups (broad SMARTS) is 2. The third kappa shape index (κ3) is 23.6. The van der Waals surface area contributed by atoms with E-state index in [0.717, 1.165) is 37.8 Å². The van der Waals surface area contributed by atoms with Gasteiger partial charge in [0, 0.05) is 25.0 Å². The van der Waals surface area contributed by atoms with Crippen LogP contribution in [0.2, 0.25) is 0 Å². The van der Waals surface area contributed by atoms with Crippen molar-refractivity contribution in [2.24, 2.45) is 0 Å². The average Bonchev–Trinajstić information content (AvgIpc) is 2.60. The first-order chi connectivity index (χ1) is 12.3. The van der Waals surface area contributed by atoms with Gasteiger partial charge >= 0.3 is 23.9 Å². The number of carbonyl (C=O) groups excluding carboxylic acids is 2. The molecule has 0 atom stereocenters. The molecule has 0 spiro atoms. The van der Waals surface area contributed by atoms with Crippen LogP contribution in [0.5, 0.6) is 0 Å². The molecule has 2 N–H and O–H groups in total. The molecule has 0 aliphatic carbocycles. The largest absolute Gasteiger partial charge is 0.481 e. The van der Waals surface area contributed by atoms with E-state index < -0.39 is 11.9 Å². The Morgan fingerprint density at radius 1 is 0.654 bits per heavy atom. The summed E-state index contributed by atoms with van der Waals surface area (Å²) in [6.45, 7) is 7.41. The lowest BCUT2D eigenvalue weighted by Gasteiger charge is -2.03. The van der Waals surface area contributed by atoms with Gasteiger partial charge in [-0.3, -0.25) is 9.59 Å². The molecule has 0 aromatic heterocycles. The van der Waals surface area contributed by atoms with Gasteiger partial charge in [0.15, 0.2) is 0 Å². The number of carbonyl (C=O) groups is 4. The summed E-state index contributed by atoms with van der Waals surface area (Å²) in [5.74, 6) is -2.52. The minimum Gasteiger partial charge on any atom is -0.481 e. The van der Waals surface area contributed by atoms with Crippen molar-refractivity contribution in [2.45, 2.75) is 51.4 Å². The fraction of sp³-hybridized carbons (Fsp3) is 0.556. The maximum atomic E-state index is 10.6. The van der Waals surface area contributed by atoms with Crippen molar-refractivity contribution >= 4 is 23.9 Å². The van der Waals surface area contributed by atoms with Crippen LogP contribution in [0, 0.1) is 0 Å². The zero-order valence-electron chi connectivity index (χ0n) is 15.0. The van der Waals surface area contributed by atoms with Crippen LogP contribution in [-0.4, -0.2) is 47.3 Å². The van der Waals surface area contributed by atoms with E-state index in [4.69, 9.17) is 19.7 Å². The van der Waals surface area contributed by atoms with Gasteiger partial charge in [-0.05, 0) is 38.5 Å². The number of hydrogen-bond acceptors (Lipinski definition) is 6. The Bertz CT molecular complexity index is 414. The SMILES string of the molecule is C=CC(=O)OCCCCCCOC(=O)C=C.O=C(O)CCCCC(=O)O. The number of aliphatic carboxylic acids is 2. The van der Waals surface area contributed by atoms with Crippen LogP contribution in [-0.2, 0) is 28.7 Å². The quantitative estimate of drug-likeness (QED) is 0.271. The van der Waals surface area contributed by atoms with E-state index in [-0.39, 0.29) is 24.8 Å². The van der Waals surface area contributed by atoms with Gasteiger partial charge in [-0.1, -0.05) is 13.2 Å². The highest BCUT2D eigenvalue weighted by Crippen LogP contribution is 2.01. The molecular formula is C18H28O8. The molecule has 26 heavy (non-hydrogen) atoms. The molecule has 0 aliphatic heterocycles. The molecule has 8 heteroatoms. The second-order valence-corrected chi connectivity index (χ2v) is 5.15. The van der Waals surface area contributed by atoms with Crippen molar-refractivity contribution in [1.82, 2.24) is 0 Å². The Kier molecular flexibility index (Phi) is 18.4. The van der Waals surface area contributed by atoms with Crippen molar-refractivity contribution in [3.05, 3.63) is 25.3 Å². The van der Waals surface area contributed by atoms with Gasteiger partial charge in [-0.15, -0.1) is 0 Å². The number of unbranched alkanes of at least 4 members (excludes halogenated alkanes) is 4. The van der Waals surface area contributed by atoms with Crippen LogP contribution in [0.25, 0.3) is 0 Å². The Morgan fingerprint density at radius 2 is 1.00 bits per heavy atom. The summed E-state index contributed by atoms with van der Waals surface area (Å²) in [6, 6.07) is 0. The molecule has 8 nitrogen and oxygen atoms in total. The van der Waals surface area contributed by atoms with E-state index in [1.807, 2.05) is 0 Å². The molecule has 0 heterocycles. The van der Waals surface area contributed by atoms with Gasteiger partial charge in [0.1, 0.15) is 0 Å². The van der Waals surface area contributed by atoms with E-state index >= 15 is 0 Å². The van der Waals surface area contributed by atoms with E-state index in [0.29, 0.717) is 26.1 Å². The first-order valence-electron chi connectivity index (χ1n) is 8.35. The maximum absolute atomic E-state index is 10.6. The summed E-state index contributed by atoms with van der Waals surface area (Å²) >= 11 is 0. The second-order valence-electron chi connectivity index (χ2n) is 5.15. The predicted molar refractivity (Wildman–Crippen MR) is 94.5 cm³/mol. The summed E-state index contributed by atoms with van der Waals surface area (Å²) in [5, 5.41) is 16.3. The molecule has 0 fully saturated rings. The fourth-order valence-electron chi connectivity index (χ4n) is 1.57. The number of carboxylic acids is 2. The zero-order chi connectivity index (χ0) is 20.2. The highest BCUT2D eigenvalue weighted by Gasteiger charge is 1.99. The Hall–Kier alpha value is -2.64. The van der Waals surface area contributed by atoms with Gasteiger partial charge in [0.05, 0.1) is 13.2 Å². The van der Waals surface area contributed by atoms with E-state index in [2.05, 4.69) is 13.2 Å². The third-order valence-electron chi connectivity index (χ3n) is 2.89. The summed E-state index contributed by atoms with van der Waals surface area (Å²) in [4.78, 5) is 41.1. The summed E-state index contributed by atoms with van der Waals surface area (Å²) in [6.07, 6.45) is 6.82. The summed E-state index contributed by atoms with van der Waals surface area (Å²) in [7, 11) is 0. The van der Waals surface area contributed by atoms with Gasteiger partial charge in [0.2, 0.25) is 0 Å². The Balaban J connectivity index is 0. The zero-order valence-corrected chi connectivity index (χ0v) is 15.0. The number of hydrogen-bond donors (Lipinski definition) is 2. The van der Waals surface area contributed by atoms with Crippen LogP contribution in [0.4, 0.5) is 0 Å². The topological polar surface area (TPSA) is 127 Å². The molecule has 0 unspecified atom stereocenters. The monoisotopic (exact) mass is 372 g/mol. The van der Waals surface area contributed by atoms with Crippen LogP contribution in [0.15, 0.2) is 25.3 Å². The highest BCUT2D eigenvalue weighted by molar-refractivity contribution is 5.81. The fourth-order valence-corrected chi connectivity index (χ4v) is 1.57. The van der Waals surface area contributed by atoms with Crippen molar-refractivity contribution in [3.8, 4) is 0 Å². The number of ether oxygens (including phenoxy) is 2. The number of esters is 2. The molecule has 0 amide bonds. The molecule has 0 saturated carbocycles. The first kappa shape index (κ1) is 25.6. The van der Waals surface area contributed by atoms with Crippen molar-refractivity contribution in [1.29, 1.82) is 0 Å². The second kappa shape index (κ2) is 18.7. The Morgan fingerprint density at radius 3 is 1.27 bits per heavy atom.